The molecule has 0 radical (unpaired) electrons. The fraction of sp³-hybridized carbons (Fsp3) is 0.818. The summed E-state index contributed by atoms with van der Waals surface area (Å²) in [5.41, 5.74) is 7.82. The number of carbonyl (C=O) groups is 2. The summed E-state index contributed by atoms with van der Waals surface area (Å²) in [6.45, 7) is 5.50. The second-order valence-electron chi connectivity index (χ2n) is 5.20. The highest BCUT2D eigenvalue weighted by Crippen LogP contribution is 2.24. The summed E-state index contributed by atoms with van der Waals surface area (Å²) in [5.74, 6) is -0.610. The smallest absolute Gasteiger partial charge is 0.411 e. The van der Waals surface area contributed by atoms with Crippen LogP contribution in [0.3, 0.4) is 0 Å². The van der Waals surface area contributed by atoms with E-state index < -0.39 is 29.7 Å². The molecule has 0 aromatic carbocycles. The predicted molar refractivity (Wildman–Crippen MR) is 66.3 cm³/mol. The van der Waals surface area contributed by atoms with Gasteiger partial charge >= 0.3 is 12.1 Å². The Hall–Kier alpha value is -1.95. The summed E-state index contributed by atoms with van der Waals surface area (Å²) >= 11 is 0. The van der Waals surface area contributed by atoms with Crippen LogP contribution in [0.4, 0.5) is 4.79 Å². The lowest BCUT2D eigenvalue weighted by Gasteiger charge is -2.28. The molecule has 1 rings (SSSR count). The number of azide groups is 1. The molecule has 0 saturated carbocycles. The maximum absolute atomic E-state index is 12.0. The van der Waals surface area contributed by atoms with Crippen molar-refractivity contribution in [3.63, 3.8) is 0 Å². The number of methoxy groups -OCH3 is 1. The van der Waals surface area contributed by atoms with E-state index in [2.05, 4.69) is 14.8 Å². The Balaban J connectivity index is 2.90. The molecule has 0 bridgehead atoms. The highest BCUT2D eigenvalue weighted by Gasteiger charge is 2.43. The topological polar surface area (TPSA) is 105 Å². The average Bonchev–Trinajstić information content (AvgIpc) is 2.70. The number of amides is 1. The third-order valence-corrected chi connectivity index (χ3v) is 2.64. The molecule has 0 N–H and O–H groups in total. The second kappa shape index (κ2) is 5.79. The van der Waals surface area contributed by atoms with Gasteiger partial charge in [-0.15, -0.1) is 0 Å². The van der Waals surface area contributed by atoms with Gasteiger partial charge in [0.25, 0.3) is 0 Å². The molecule has 0 aromatic rings. The first kappa shape index (κ1) is 15.1. The van der Waals surface area contributed by atoms with Gasteiger partial charge in [-0.25, -0.2) is 9.59 Å². The molecule has 0 aromatic heterocycles. The van der Waals surface area contributed by atoms with Crippen LogP contribution in [0.1, 0.15) is 27.2 Å². The lowest BCUT2D eigenvalue weighted by molar-refractivity contribution is -0.146. The van der Waals surface area contributed by atoms with Gasteiger partial charge in [-0.1, -0.05) is 5.11 Å². The quantitative estimate of drug-likeness (QED) is 0.330. The van der Waals surface area contributed by atoms with E-state index in [0.717, 1.165) is 0 Å². The Morgan fingerprint density at radius 2 is 2.05 bits per heavy atom. The molecular weight excluding hydrogens is 252 g/mol. The Kier molecular flexibility index (Phi) is 4.61. The van der Waals surface area contributed by atoms with Gasteiger partial charge in [0.05, 0.1) is 13.2 Å². The van der Waals surface area contributed by atoms with Crippen molar-refractivity contribution in [2.45, 2.75) is 44.9 Å². The minimum atomic E-state index is -0.921. The van der Waals surface area contributed by atoms with E-state index in [1.807, 2.05) is 0 Å². The highest BCUT2D eigenvalue weighted by atomic mass is 16.6. The third-order valence-electron chi connectivity index (χ3n) is 2.64. The monoisotopic (exact) mass is 270 g/mol. The van der Waals surface area contributed by atoms with Crippen LogP contribution in [0.25, 0.3) is 10.4 Å². The molecule has 1 aliphatic heterocycles. The van der Waals surface area contributed by atoms with Crippen molar-refractivity contribution >= 4 is 12.1 Å². The van der Waals surface area contributed by atoms with Crippen LogP contribution < -0.4 is 0 Å². The number of hydrogen-bond donors (Lipinski definition) is 0. The van der Waals surface area contributed by atoms with Crippen LogP contribution in [0.15, 0.2) is 5.11 Å². The number of hydrogen-bond acceptors (Lipinski definition) is 5. The number of ether oxygens (including phenoxy) is 2. The van der Waals surface area contributed by atoms with Crippen molar-refractivity contribution in [3.05, 3.63) is 10.4 Å². The van der Waals surface area contributed by atoms with E-state index in [1.165, 1.54) is 12.0 Å². The van der Waals surface area contributed by atoms with Crippen molar-refractivity contribution in [2.75, 3.05) is 13.7 Å². The van der Waals surface area contributed by atoms with Crippen LogP contribution in [0.5, 0.6) is 0 Å². The van der Waals surface area contributed by atoms with Gasteiger partial charge in [0, 0.05) is 11.5 Å². The first-order chi connectivity index (χ1) is 8.80. The third kappa shape index (κ3) is 3.75. The van der Waals surface area contributed by atoms with Gasteiger partial charge in [-0.3, -0.25) is 4.90 Å². The van der Waals surface area contributed by atoms with Crippen molar-refractivity contribution in [3.8, 4) is 0 Å². The molecular formula is C11H18N4O4. The van der Waals surface area contributed by atoms with Crippen molar-refractivity contribution in [2.24, 2.45) is 5.11 Å². The number of carbonyl (C=O) groups excluding carboxylic acids is 2. The standard InChI is InChI=1S/C11H18N4O4/c1-11(2,3)19-10(17)15-6-5-7(13-14-12)8(15)9(16)18-4/h7-8H,5-6H2,1-4H3. The van der Waals surface area contributed by atoms with Gasteiger partial charge in [-0.05, 0) is 32.7 Å². The van der Waals surface area contributed by atoms with Crippen LogP contribution in [0.2, 0.25) is 0 Å². The van der Waals surface area contributed by atoms with Gasteiger partial charge in [-0.2, -0.15) is 0 Å². The Bertz CT molecular complexity index is 411. The van der Waals surface area contributed by atoms with Gasteiger partial charge < -0.3 is 9.47 Å². The molecule has 1 amide bonds. The molecule has 1 saturated heterocycles. The first-order valence-corrected chi connectivity index (χ1v) is 5.92. The molecule has 0 spiro atoms. The van der Waals surface area contributed by atoms with Crippen molar-refractivity contribution in [1.29, 1.82) is 0 Å². The molecule has 1 fully saturated rings. The largest absolute Gasteiger partial charge is 0.467 e. The molecule has 1 heterocycles. The SMILES string of the molecule is COC(=O)C1C(N=[N+]=[N-])CCN1C(=O)OC(C)(C)C. The number of rotatable bonds is 2. The highest BCUT2D eigenvalue weighted by molar-refractivity contribution is 5.83. The summed E-state index contributed by atoms with van der Waals surface area (Å²) in [7, 11) is 1.22. The van der Waals surface area contributed by atoms with Crippen LogP contribution in [0, 0.1) is 0 Å². The summed E-state index contributed by atoms with van der Waals surface area (Å²) in [6.07, 6.45) is -0.207. The molecule has 2 atom stereocenters. The van der Waals surface area contributed by atoms with E-state index in [1.54, 1.807) is 20.8 Å². The summed E-state index contributed by atoms with van der Waals surface area (Å²) in [5, 5.41) is 3.53. The average molecular weight is 270 g/mol. The molecule has 0 aliphatic carbocycles. The zero-order valence-electron chi connectivity index (χ0n) is 11.5. The Morgan fingerprint density at radius 1 is 1.42 bits per heavy atom. The van der Waals surface area contributed by atoms with Gasteiger partial charge in [0.15, 0.2) is 0 Å². The molecule has 106 valence electrons. The second-order valence-corrected chi connectivity index (χ2v) is 5.20. The maximum Gasteiger partial charge on any atom is 0.411 e. The minimum absolute atomic E-state index is 0.290. The predicted octanol–water partition coefficient (Wildman–Crippen LogP) is 1.85. The molecule has 8 heteroatoms. The fourth-order valence-electron chi connectivity index (χ4n) is 1.89. The molecule has 2 unspecified atom stereocenters. The van der Waals surface area contributed by atoms with Crippen LogP contribution in [-0.2, 0) is 14.3 Å². The van der Waals surface area contributed by atoms with E-state index >= 15 is 0 Å². The number of esters is 1. The Morgan fingerprint density at radius 3 is 2.53 bits per heavy atom. The lowest BCUT2D eigenvalue weighted by atomic mass is 10.1. The minimum Gasteiger partial charge on any atom is -0.467 e. The van der Waals surface area contributed by atoms with E-state index in [4.69, 9.17) is 10.3 Å². The summed E-state index contributed by atoms with van der Waals surface area (Å²) in [4.78, 5) is 27.7. The van der Waals surface area contributed by atoms with Gasteiger partial charge in [0.1, 0.15) is 11.6 Å². The first-order valence-electron chi connectivity index (χ1n) is 5.92. The van der Waals surface area contributed by atoms with Gasteiger partial charge in [0.2, 0.25) is 0 Å². The fourth-order valence-corrected chi connectivity index (χ4v) is 1.89. The maximum atomic E-state index is 12.0. The van der Waals surface area contributed by atoms with Crippen LogP contribution >= 0.6 is 0 Å². The molecule has 8 nitrogen and oxygen atoms in total. The van der Waals surface area contributed by atoms with Crippen LogP contribution in [-0.4, -0.2) is 48.3 Å². The zero-order chi connectivity index (χ0) is 14.6. The van der Waals surface area contributed by atoms with E-state index in [0.29, 0.717) is 13.0 Å². The molecule has 19 heavy (non-hydrogen) atoms. The van der Waals surface area contributed by atoms with Crippen molar-refractivity contribution < 1.29 is 19.1 Å². The van der Waals surface area contributed by atoms with E-state index in [-0.39, 0.29) is 0 Å². The summed E-state index contributed by atoms with van der Waals surface area (Å²) < 4.78 is 9.87. The van der Waals surface area contributed by atoms with E-state index in [9.17, 15) is 9.59 Å². The molecule has 1 aliphatic rings. The number of nitrogens with zero attached hydrogens (tertiary/aromatic N) is 4. The summed E-state index contributed by atoms with van der Waals surface area (Å²) in [6, 6.07) is -1.54. The normalized spacial score (nSPS) is 22.6. The number of likely N-dealkylation sites (tertiary alicyclic amines) is 1. The zero-order valence-corrected chi connectivity index (χ0v) is 11.5. The van der Waals surface area contributed by atoms with Crippen molar-refractivity contribution in [1.82, 2.24) is 4.90 Å². The Labute approximate surface area is 111 Å². The lowest BCUT2D eigenvalue weighted by Crippen LogP contribution is -2.47.